The van der Waals surface area contributed by atoms with Crippen molar-refractivity contribution in [3.8, 4) is 11.5 Å². The van der Waals surface area contributed by atoms with Gasteiger partial charge in [-0.05, 0) is 69.1 Å². The molecule has 2 N–H and O–H groups in total. The monoisotopic (exact) mass is 567 g/mol. The van der Waals surface area contributed by atoms with Gasteiger partial charge < -0.3 is 34.2 Å². The highest BCUT2D eigenvalue weighted by Crippen LogP contribution is 2.30. The lowest BCUT2D eigenvalue weighted by Crippen LogP contribution is -2.39. The zero-order valence-corrected chi connectivity index (χ0v) is 24.7. The molecule has 0 radical (unpaired) electrons. The summed E-state index contributed by atoms with van der Waals surface area (Å²) < 4.78 is 31.4. The highest BCUT2D eigenvalue weighted by molar-refractivity contribution is 5.76. The van der Waals surface area contributed by atoms with Crippen molar-refractivity contribution < 1.29 is 47.6 Å². The largest absolute Gasteiger partial charge is 0.513 e. The fourth-order valence-corrected chi connectivity index (χ4v) is 3.11. The maximum absolute atomic E-state index is 12.6. The molecule has 0 heterocycles. The molecule has 0 bridgehead atoms. The summed E-state index contributed by atoms with van der Waals surface area (Å²) in [4.78, 5) is 48.7. The first kappa shape index (κ1) is 34.7. The summed E-state index contributed by atoms with van der Waals surface area (Å²) in [5, 5.41) is 0. The van der Waals surface area contributed by atoms with E-state index < -0.39 is 36.5 Å². The highest BCUT2D eigenvalue weighted by atomic mass is 16.7. The molecule has 0 amide bonds. The summed E-state index contributed by atoms with van der Waals surface area (Å²) in [6, 6.07) is 3.33. The van der Waals surface area contributed by atoms with Crippen molar-refractivity contribution in [2.75, 3.05) is 13.2 Å². The minimum Gasteiger partial charge on any atom is -0.459 e. The zero-order valence-electron chi connectivity index (χ0n) is 24.7. The molecule has 0 aliphatic carbocycles. The van der Waals surface area contributed by atoms with Crippen molar-refractivity contribution in [2.24, 2.45) is 17.6 Å². The van der Waals surface area contributed by atoms with E-state index >= 15 is 0 Å². The first-order valence-electron chi connectivity index (χ1n) is 13.8. The number of hydrogen-bond acceptors (Lipinski definition) is 11. The summed E-state index contributed by atoms with van der Waals surface area (Å²) in [7, 11) is 0. The molecule has 0 aliphatic rings. The van der Waals surface area contributed by atoms with Crippen molar-refractivity contribution >= 4 is 24.2 Å². The van der Waals surface area contributed by atoms with Crippen LogP contribution in [0.25, 0.3) is 0 Å². The Hall–Kier alpha value is -3.34. The number of carbonyl (C=O) groups is 4. The third-order valence-electron chi connectivity index (χ3n) is 5.72. The summed E-state index contributed by atoms with van der Waals surface area (Å²) in [6.45, 7) is 13.4. The van der Waals surface area contributed by atoms with Crippen molar-refractivity contribution in [1.82, 2.24) is 0 Å². The van der Waals surface area contributed by atoms with Gasteiger partial charge in [-0.25, -0.2) is 9.59 Å². The van der Waals surface area contributed by atoms with Gasteiger partial charge in [0.1, 0.15) is 18.2 Å². The fourth-order valence-electron chi connectivity index (χ4n) is 3.11. The first-order valence-corrected chi connectivity index (χ1v) is 13.8. The normalized spacial score (nSPS) is 13.2. The van der Waals surface area contributed by atoms with E-state index in [0.717, 1.165) is 0 Å². The molecule has 11 heteroatoms. The van der Waals surface area contributed by atoms with Crippen LogP contribution in [-0.4, -0.2) is 55.7 Å². The van der Waals surface area contributed by atoms with Crippen molar-refractivity contribution in [2.45, 2.75) is 98.8 Å². The summed E-state index contributed by atoms with van der Waals surface area (Å²) >= 11 is 0. The zero-order chi connectivity index (χ0) is 30.2. The minimum absolute atomic E-state index is 0.0213. The lowest BCUT2D eigenvalue weighted by atomic mass is 10.1. The maximum Gasteiger partial charge on any atom is 0.513 e. The van der Waals surface area contributed by atoms with Crippen LogP contribution in [0.2, 0.25) is 0 Å². The lowest BCUT2D eigenvalue weighted by molar-refractivity contribution is -0.166. The molecule has 1 aromatic carbocycles. The van der Waals surface area contributed by atoms with Gasteiger partial charge in [-0.1, -0.05) is 40.7 Å². The second kappa shape index (κ2) is 18.1. The molecule has 11 nitrogen and oxygen atoms in total. The second-order valence-electron chi connectivity index (χ2n) is 10.4. The topological polar surface area (TPSA) is 150 Å². The molecule has 1 rings (SSSR count). The summed E-state index contributed by atoms with van der Waals surface area (Å²) in [5.74, 6) is -0.570. The Kier molecular flexibility index (Phi) is 15.7. The Morgan fingerprint density at radius 2 is 1.30 bits per heavy atom. The van der Waals surface area contributed by atoms with E-state index in [9.17, 15) is 19.2 Å². The third-order valence-corrected chi connectivity index (χ3v) is 5.72. The van der Waals surface area contributed by atoms with E-state index in [1.54, 1.807) is 19.9 Å². The van der Waals surface area contributed by atoms with Gasteiger partial charge in [0.05, 0.1) is 13.2 Å². The predicted molar refractivity (Wildman–Crippen MR) is 147 cm³/mol. The fraction of sp³-hybridized carbons (Fsp3) is 0.655. The number of rotatable bonds is 16. The SMILES string of the molecule is CCCC(=O)OC(C)[C@H](C)OC(=O)[C@@H](N)Cc1ccc(OC(=O)OCCC(C)C)c(OC(=O)OCCC(C)C)c1. The Morgan fingerprint density at radius 1 is 0.775 bits per heavy atom. The molecule has 0 fully saturated rings. The number of ether oxygens (including phenoxy) is 6. The molecular formula is C29H45NO10. The summed E-state index contributed by atoms with van der Waals surface area (Å²) in [6.07, 6.45) is -1.03. The second-order valence-corrected chi connectivity index (χ2v) is 10.4. The van der Waals surface area contributed by atoms with Crippen molar-refractivity contribution in [3.63, 3.8) is 0 Å². The van der Waals surface area contributed by atoms with Crippen LogP contribution in [0, 0.1) is 11.8 Å². The van der Waals surface area contributed by atoms with E-state index in [4.69, 9.17) is 34.2 Å². The van der Waals surface area contributed by atoms with E-state index in [2.05, 4.69) is 0 Å². The van der Waals surface area contributed by atoms with Crippen LogP contribution in [0.3, 0.4) is 0 Å². The van der Waals surface area contributed by atoms with E-state index in [1.165, 1.54) is 12.1 Å². The molecule has 226 valence electrons. The standard InChI is InChI=1S/C29H45NO10/c1-8-9-26(31)37-20(6)21(7)38-27(32)23(30)16-22-10-11-24(39-28(33)35-14-12-18(2)3)25(17-22)40-29(34)36-15-13-19(4)5/h10-11,17-21,23H,8-9,12-16,30H2,1-7H3/t20?,21-,23-/m0/s1. The molecule has 0 aromatic heterocycles. The Labute approximate surface area is 236 Å². The molecule has 40 heavy (non-hydrogen) atoms. The van der Waals surface area contributed by atoms with Gasteiger partial charge in [0, 0.05) is 6.42 Å². The van der Waals surface area contributed by atoms with Crippen LogP contribution in [0.4, 0.5) is 9.59 Å². The number of hydrogen-bond donors (Lipinski definition) is 1. The average Bonchev–Trinajstić information content (AvgIpc) is 2.85. The van der Waals surface area contributed by atoms with Gasteiger partial charge >= 0.3 is 24.2 Å². The molecular weight excluding hydrogens is 522 g/mol. The van der Waals surface area contributed by atoms with Gasteiger partial charge in [-0.3, -0.25) is 9.59 Å². The predicted octanol–water partition coefficient (Wildman–Crippen LogP) is 5.34. The lowest BCUT2D eigenvalue weighted by Gasteiger charge is -2.22. The molecule has 0 saturated heterocycles. The number of carbonyl (C=O) groups excluding carboxylic acids is 4. The third kappa shape index (κ3) is 14.2. The molecule has 3 atom stereocenters. The first-order chi connectivity index (χ1) is 18.8. The van der Waals surface area contributed by atoms with Crippen molar-refractivity contribution in [1.29, 1.82) is 0 Å². The average molecular weight is 568 g/mol. The van der Waals surface area contributed by atoms with Crippen LogP contribution < -0.4 is 15.2 Å². The molecule has 0 spiro atoms. The number of esters is 2. The van der Waals surface area contributed by atoms with E-state index in [-0.39, 0.29) is 43.5 Å². The Balaban J connectivity index is 2.92. The van der Waals surface area contributed by atoms with Gasteiger partial charge in [0.15, 0.2) is 11.5 Å². The van der Waals surface area contributed by atoms with Gasteiger partial charge in [-0.15, -0.1) is 0 Å². The van der Waals surface area contributed by atoms with E-state index in [0.29, 0.717) is 36.7 Å². The molecule has 0 aliphatic heterocycles. The smallest absolute Gasteiger partial charge is 0.459 e. The molecule has 1 aromatic rings. The Bertz CT molecular complexity index is 962. The number of nitrogens with two attached hydrogens (primary N) is 1. The van der Waals surface area contributed by atoms with Gasteiger partial charge in [0.25, 0.3) is 0 Å². The molecule has 0 saturated carbocycles. The maximum atomic E-state index is 12.6. The highest BCUT2D eigenvalue weighted by Gasteiger charge is 2.25. The summed E-state index contributed by atoms with van der Waals surface area (Å²) in [5.41, 5.74) is 6.57. The van der Waals surface area contributed by atoms with Crippen LogP contribution in [0.15, 0.2) is 18.2 Å². The van der Waals surface area contributed by atoms with Gasteiger partial charge in [0.2, 0.25) is 0 Å². The van der Waals surface area contributed by atoms with E-state index in [1.807, 2.05) is 34.6 Å². The molecule has 1 unspecified atom stereocenters. The van der Waals surface area contributed by atoms with Crippen LogP contribution in [-0.2, 0) is 35.0 Å². The van der Waals surface area contributed by atoms with Gasteiger partial charge in [-0.2, -0.15) is 0 Å². The number of benzene rings is 1. The van der Waals surface area contributed by atoms with Crippen LogP contribution in [0.5, 0.6) is 11.5 Å². The van der Waals surface area contributed by atoms with Crippen molar-refractivity contribution in [3.05, 3.63) is 23.8 Å². The van der Waals surface area contributed by atoms with Crippen LogP contribution in [0.1, 0.15) is 79.7 Å². The van der Waals surface area contributed by atoms with Crippen LogP contribution >= 0.6 is 0 Å². The Morgan fingerprint density at radius 3 is 1.82 bits per heavy atom. The quantitative estimate of drug-likeness (QED) is 0.157. The minimum atomic E-state index is -1.07.